The second kappa shape index (κ2) is 6.58. The van der Waals surface area contributed by atoms with Crippen LogP contribution in [0.4, 0.5) is 0 Å². The lowest BCUT2D eigenvalue weighted by atomic mass is 10.1. The van der Waals surface area contributed by atoms with Gasteiger partial charge in [-0.25, -0.2) is 0 Å². The molecule has 96 valence electrons. The number of hydrogen-bond acceptors (Lipinski definition) is 2. The van der Waals surface area contributed by atoms with Crippen LogP contribution in [-0.2, 0) is 13.0 Å². The fraction of sp³-hybridized carbons (Fsp3) is 0.286. The Labute approximate surface area is 122 Å². The maximum atomic E-state index is 6.15. The van der Waals surface area contributed by atoms with Crippen LogP contribution in [0, 0.1) is 0 Å². The molecule has 1 atom stereocenters. The number of thiophene rings is 1. The summed E-state index contributed by atoms with van der Waals surface area (Å²) >= 11 is 13.9. The number of halogens is 2. The van der Waals surface area contributed by atoms with Crippen LogP contribution in [0.3, 0.4) is 0 Å². The molecule has 0 saturated heterocycles. The van der Waals surface area contributed by atoms with Crippen LogP contribution in [0.15, 0.2) is 35.0 Å². The van der Waals surface area contributed by atoms with Gasteiger partial charge in [0.05, 0.1) is 10.0 Å². The predicted molar refractivity (Wildman–Crippen MR) is 80.8 cm³/mol. The van der Waals surface area contributed by atoms with E-state index in [0.29, 0.717) is 16.1 Å². The SMILES string of the molecule is CC(Cc1ccsc1)NCc1cccc(Cl)c1Cl. The standard InChI is InChI=1S/C14H15Cl2NS/c1-10(7-11-5-6-18-9-11)17-8-12-3-2-4-13(15)14(12)16/h2-6,9-10,17H,7-8H2,1H3. The first-order chi connectivity index (χ1) is 8.66. The lowest BCUT2D eigenvalue weighted by Gasteiger charge is -2.14. The van der Waals surface area contributed by atoms with Crippen LogP contribution in [0.2, 0.25) is 10.0 Å². The molecular formula is C14H15Cl2NS. The molecule has 1 heterocycles. The quantitative estimate of drug-likeness (QED) is 0.838. The van der Waals surface area contributed by atoms with Crippen LogP contribution >= 0.6 is 34.5 Å². The summed E-state index contributed by atoms with van der Waals surface area (Å²) in [4.78, 5) is 0. The Kier molecular flexibility index (Phi) is 5.07. The van der Waals surface area contributed by atoms with Crippen LogP contribution in [0.5, 0.6) is 0 Å². The minimum atomic E-state index is 0.412. The number of rotatable bonds is 5. The van der Waals surface area contributed by atoms with Crippen LogP contribution < -0.4 is 5.32 Å². The summed E-state index contributed by atoms with van der Waals surface area (Å²) in [5.74, 6) is 0. The fourth-order valence-corrected chi connectivity index (χ4v) is 2.87. The normalized spacial score (nSPS) is 12.6. The second-order valence-corrected chi connectivity index (χ2v) is 5.90. The Hall–Kier alpha value is -0.540. The van der Waals surface area contributed by atoms with Crippen LogP contribution in [-0.4, -0.2) is 6.04 Å². The third kappa shape index (κ3) is 3.72. The zero-order valence-corrected chi connectivity index (χ0v) is 12.4. The Morgan fingerprint density at radius 1 is 1.28 bits per heavy atom. The predicted octanol–water partition coefficient (Wildman–Crippen LogP) is 4.78. The molecule has 0 amide bonds. The van der Waals surface area contributed by atoms with E-state index in [1.807, 2.05) is 18.2 Å². The van der Waals surface area contributed by atoms with Gasteiger partial charge in [-0.3, -0.25) is 0 Å². The van der Waals surface area contributed by atoms with E-state index in [1.165, 1.54) is 5.56 Å². The molecule has 0 saturated carbocycles. The van der Waals surface area contributed by atoms with E-state index in [4.69, 9.17) is 23.2 Å². The lowest BCUT2D eigenvalue weighted by Crippen LogP contribution is -2.27. The fourth-order valence-electron chi connectivity index (χ4n) is 1.80. The lowest BCUT2D eigenvalue weighted by molar-refractivity contribution is 0.546. The van der Waals surface area contributed by atoms with Crippen molar-refractivity contribution in [3.05, 3.63) is 56.2 Å². The van der Waals surface area contributed by atoms with Crippen molar-refractivity contribution in [2.24, 2.45) is 0 Å². The molecule has 0 spiro atoms. The molecule has 0 fully saturated rings. The van der Waals surface area contributed by atoms with E-state index in [1.54, 1.807) is 11.3 Å². The summed E-state index contributed by atoms with van der Waals surface area (Å²) in [6.07, 6.45) is 1.03. The Bertz CT molecular complexity index is 497. The molecule has 1 unspecified atom stereocenters. The average Bonchev–Trinajstić information content (AvgIpc) is 2.84. The van der Waals surface area contributed by atoms with E-state index in [2.05, 4.69) is 29.1 Å². The molecular weight excluding hydrogens is 285 g/mol. The Morgan fingerprint density at radius 3 is 2.83 bits per heavy atom. The van der Waals surface area contributed by atoms with Gasteiger partial charge in [0.15, 0.2) is 0 Å². The number of hydrogen-bond donors (Lipinski definition) is 1. The van der Waals surface area contributed by atoms with Gasteiger partial charge in [0.1, 0.15) is 0 Å². The van der Waals surface area contributed by atoms with Crippen LogP contribution in [0.25, 0.3) is 0 Å². The molecule has 1 aromatic heterocycles. The highest BCUT2D eigenvalue weighted by molar-refractivity contribution is 7.07. The van der Waals surface area contributed by atoms with Gasteiger partial charge >= 0.3 is 0 Å². The van der Waals surface area contributed by atoms with Gasteiger partial charge in [-0.2, -0.15) is 11.3 Å². The molecule has 4 heteroatoms. The summed E-state index contributed by atoms with van der Waals surface area (Å²) in [5, 5.41) is 9.02. The van der Waals surface area contributed by atoms with Crippen molar-refractivity contribution in [3.8, 4) is 0 Å². The van der Waals surface area contributed by atoms with Crippen molar-refractivity contribution in [1.29, 1.82) is 0 Å². The molecule has 1 aromatic carbocycles. The van der Waals surface area contributed by atoms with Crippen molar-refractivity contribution in [1.82, 2.24) is 5.32 Å². The molecule has 2 aromatic rings. The monoisotopic (exact) mass is 299 g/mol. The zero-order valence-electron chi connectivity index (χ0n) is 10.1. The maximum Gasteiger partial charge on any atom is 0.0637 e. The average molecular weight is 300 g/mol. The van der Waals surface area contributed by atoms with E-state index in [9.17, 15) is 0 Å². The minimum absolute atomic E-state index is 0.412. The van der Waals surface area contributed by atoms with Crippen molar-refractivity contribution in [2.75, 3.05) is 0 Å². The highest BCUT2D eigenvalue weighted by Crippen LogP contribution is 2.25. The highest BCUT2D eigenvalue weighted by Gasteiger charge is 2.07. The second-order valence-electron chi connectivity index (χ2n) is 4.33. The van der Waals surface area contributed by atoms with E-state index >= 15 is 0 Å². The molecule has 2 rings (SSSR count). The first-order valence-electron chi connectivity index (χ1n) is 5.84. The molecule has 0 aliphatic rings. The first kappa shape index (κ1) is 13.9. The summed E-state index contributed by atoms with van der Waals surface area (Å²) in [6.45, 7) is 2.92. The van der Waals surface area contributed by atoms with E-state index in [0.717, 1.165) is 18.5 Å². The van der Waals surface area contributed by atoms with Gasteiger partial charge in [-0.1, -0.05) is 35.3 Å². The number of nitrogens with one attached hydrogen (secondary N) is 1. The van der Waals surface area contributed by atoms with Crippen LogP contribution in [0.1, 0.15) is 18.1 Å². The third-order valence-corrected chi connectivity index (χ3v) is 4.38. The largest absolute Gasteiger partial charge is 0.310 e. The van der Waals surface area contributed by atoms with Gasteiger partial charge in [-0.05, 0) is 47.4 Å². The van der Waals surface area contributed by atoms with Crippen molar-refractivity contribution < 1.29 is 0 Å². The minimum Gasteiger partial charge on any atom is -0.310 e. The van der Waals surface area contributed by atoms with Crippen molar-refractivity contribution in [3.63, 3.8) is 0 Å². The van der Waals surface area contributed by atoms with Crippen molar-refractivity contribution >= 4 is 34.5 Å². The third-order valence-electron chi connectivity index (χ3n) is 2.79. The van der Waals surface area contributed by atoms with Gasteiger partial charge in [0.2, 0.25) is 0 Å². The topological polar surface area (TPSA) is 12.0 Å². The van der Waals surface area contributed by atoms with Crippen molar-refractivity contribution in [2.45, 2.75) is 25.9 Å². The smallest absolute Gasteiger partial charge is 0.0637 e. The molecule has 1 nitrogen and oxygen atoms in total. The number of benzene rings is 1. The van der Waals surface area contributed by atoms with Gasteiger partial charge < -0.3 is 5.32 Å². The van der Waals surface area contributed by atoms with Gasteiger partial charge in [-0.15, -0.1) is 0 Å². The molecule has 1 N–H and O–H groups in total. The zero-order chi connectivity index (χ0) is 13.0. The molecule has 0 bridgehead atoms. The Balaban J connectivity index is 1.89. The summed E-state index contributed by atoms with van der Waals surface area (Å²) < 4.78 is 0. The first-order valence-corrected chi connectivity index (χ1v) is 7.54. The highest BCUT2D eigenvalue weighted by atomic mass is 35.5. The summed E-state index contributed by atoms with van der Waals surface area (Å²) in [5.41, 5.74) is 2.42. The summed E-state index contributed by atoms with van der Waals surface area (Å²) in [7, 11) is 0. The molecule has 0 aliphatic carbocycles. The van der Waals surface area contributed by atoms with Gasteiger partial charge in [0.25, 0.3) is 0 Å². The Morgan fingerprint density at radius 2 is 2.11 bits per heavy atom. The molecule has 0 radical (unpaired) electrons. The molecule has 18 heavy (non-hydrogen) atoms. The molecule has 0 aliphatic heterocycles. The van der Waals surface area contributed by atoms with E-state index in [-0.39, 0.29) is 0 Å². The van der Waals surface area contributed by atoms with E-state index < -0.39 is 0 Å². The maximum absolute atomic E-state index is 6.15. The summed E-state index contributed by atoms with van der Waals surface area (Å²) in [6, 6.07) is 8.31. The van der Waals surface area contributed by atoms with Gasteiger partial charge in [0, 0.05) is 12.6 Å².